The molecule has 7 nitrogen and oxygen atoms in total. The minimum atomic E-state index is -0.174. The Morgan fingerprint density at radius 2 is 2.24 bits per heavy atom. The highest BCUT2D eigenvalue weighted by molar-refractivity contribution is 5.95. The lowest BCUT2D eigenvalue weighted by molar-refractivity contribution is -0.128. The third-order valence-corrected chi connectivity index (χ3v) is 4.50. The molecule has 1 saturated carbocycles. The van der Waals surface area contributed by atoms with Crippen LogP contribution in [0.1, 0.15) is 41.0 Å². The van der Waals surface area contributed by atoms with Gasteiger partial charge in [0.25, 0.3) is 5.91 Å². The number of rotatable bonds is 3. The summed E-state index contributed by atoms with van der Waals surface area (Å²) in [5, 5.41) is 13.3. The Balaban J connectivity index is 1.44. The minimum Gasteiger partial charge on any atom is -0.346 e. The Morgan fingerprint density at radius 3 is 3.05 bits per heavy atom. The third-order valence-electron chi connectivity index (χ3n) is 4.50. The number of nitrogens with one attached hydrogen (secondary N) is 3. The second-order valence-electron chi connectivity index (χ2n) is 6.11. The molecular formula is C14H19N5O2. The molecule has 3 N–H and O–H groups in total. The van der Waals surface area contributed by atoms with E-state index in [0.29, 0.717) is 31.2 Å². The van der Waals surface area contributed by atoms with Crippen LogP contribution in [0.5, 0.6) is 0 Å². The number of nitrogens with zero attached hydrogens (tertiary/aromatic N) is 2. The molecule has 21 heavy (non-hydrogen) atoms. The molecule has 112 valence electrons. The van der Waals surface area contributed by atoms with Crippen LogP contribution in [0.4, 0.5) is 0 Å². The van der Waals surface area contributed by atoms with Crippen molar-refractivity contribution in [2.24, 2.45) is 0 Å². The standard InChI is InChI=1S/C14H19N5O2/c20-12-5-8(7-19(12)9-1-2-9)16-14(21)13-10-6-15-4-3-11(10)17-18-13/h8-9,15H,1-7H2,(H,16,21)(H,17,18). The highest BCUT2D eigenvalue weighted by atomic mass is 16.2. The van der Waals surface area contributed by atoms with E-state index in [1.807, 2.05) is 4.90 Å². The van der Waals surface area contributed by atoms with E-state index in [1.165, 1.54) is 0 Å². The molecule has 3 aliphatic rings. The first-order chi connectivity index (χ1) is 10.2. The Bertz CT molecular complexity index is 592. The molecule has 1 atom stereocenters. The second kappa shape index (κ2) is 4.84. The monoisotopic (exact) mass is 289 g/mol. The van der Waals surface area contributed by atoms with Crippen molar-refractivity contribution in [2.75, 3.05) is 13.1 Å². The average molecular weight is 289 g/mol. The summed E-state index contributed by atoms with van der Waals surface area (Å²) in [6.45, 7) is 2.22. The van der Waals surface area contributed by atoms with E-state index in [-0.39, 0.29) is 17.9 Å². The number of fused-ring (bicyclic) bond motifs is 1. The summed E-state index contributed by atoms with van der Waals surface area (Å²) >= 11 is 0. The van der Waals surface area contributed by atoms with Gasteiger partial charge in [0.15, 0.2) is 5.69 Å². The van der Waals surface area contributed by atoms with Gasteiger partial charge in [0.05, 0.1) is 6.04 Å². The van der Waals surface area contributed by atoms with Crippen molar-refractivity contribution in [1.29, 1.82) is 0 Å². The normalized spacial score (nSPS) is 25.0. The topological polar surface area (TPSA) is 90.1 Å². The number of likely N-dealkylation sites (tertiary alicyclic amines) is 1. The smallest absolute Gasteiger partial charge is 0.272 e. The summed E-state index contributed by atoms with van der Waals surface area (Å²) in [6, 6.07) is 0.330. The maximum atomic E-state index is 12.4. The first-order valence-electron chi connectivity index (χ1n) is 7.59. The van der Waals surface area contributed by atoms with Gasteiger partial charge in [0, 0.05) is 49.8 Å². The van der Waals surface area contributed by atoms with Crippen LogP contribution in [0.15, 0.2) is 0 Å². The maximum absolute atomic E-state index is 12.4. The van der Waals surface area contributed by atoms with Gasteiger partial charge < -0.3 is 15.5 Å². The summed E-state index contributed by atoms with van der Waals surface area (Å²) in [4.78, 5) is 26.2. The molecular weight excluding hydrogens is 270 g/mol. The predicted octanol–water partition coefficient (Wildman–Crippen LogP) is -0.451. The summed E-state index contributed by atoms with van der Waals surface area (Å²) in [5.74, 6) is -0.0137. The van der Waals surface area contributed by atoms with E-state index < -0.39 is 0 Å². The first-order valence-corrected chi connectivity index (χ1v) is 7.59. The van der Waals surface area contributed by atoms with Crippen molar-refractivity contribution in [3.05, 3.63) is 17.0 Å². The Morgan fingerprint density at radius 1 is 1.38 bits per heavy atom. The predicted molar refractivity (Wildman–Crippen MR) is 74.6 cm³/mol. The van der Waals surface area contributed by atoms with Crippen LogP contribution in [0, 0.1) is 0 Å². The van der Waals surface area contributed by atoms with E-state index in [1.54, 1.807) is 0 Å². The highest BCUT2D eigenvalue weighted by Crippen LogP contribution is 2.30. The van der Waals surface area contributed by atoms with Crippen molar-refractivity contribution in [3.8, 4) is 0 Å². The molecule has 7 heteroatoms. The number of hydrogen-bond acceptors (Lipinski definition) is 4. The average Bonchev–Trinajstić information content (AvgIpc) is 3.12. The summed E-state index contributed by atoms with van der Waals surface area (Å²) in [6.07, 6.45) is 3.48. The first kappa shape index (κ1) is 12.8. The zero-order valence-electron chi connectivity index (χ0n) is 11.8. The van der Waals surface area contributed by atoms with Crippen molar-refractivity contribution in [3.63, 3.8) is 0 Å². The van der Waals surface area contributed by atoms with Crippen molar-refractivity contribution < 1.29 is 9.59 Å². The van der Waals surface area contributed by atoms with E-state index in [2.05, 4.69) is 20.8 Å². The van der Waals surface area contributed by atoms with Gasteiger partial charge in [-0.05, 0) is 12.8 Å². The number of aromatic nitrogens is 2. The Labute approximate surface area is 122 Å². The molecule has 0 aromatic carbocycles. The molecule has 1 saturated heterocycles. The molecule has 2 aliphatic heterocycles. The van der Waals surface area contributed by atoms with E-state index >= 15 is 0 Å². The van der Waals surface area contributed by atoms with Gasteiger partial charge in [-0.15, -0.1) is 0 Å². The summed E-state index contributed by atoms with van der Waals surface area (Å²) < 4.78 is 0. The van der Waals surface area contributed by atoms with Crippen molar-refractivity contribution in [2.45, 2.75) is 44.3 Å². The van der Waals surface area contributed by atoms with Crippen LogP contribution in [-0.2, 0) is 17.8 Å². The minimum absolute atomic E-state index is 0.0884. The number of H-pyrrole nitrogens is 1. The molecule has 1 aliphatic carbocycles. The van der Waals surface area contributed by atoms with Crippen LogP contribution < -0.4 is 10.6 Å². The molecule has 2 fully saturated rings. The lowest BCUT2D eigenvalue weighted by Gasteiger charge is -2.16. The lowest BCUT2D eigenvalue weighted by Crippen LogP contribution is -2.38. The van der Waals surface area contributed by atoms with E-state index in [9.17, 15) is 9.59 Å². The van der Waals surface area contributed by atoms with Gasteiger partial charge in [-0.3, -0.25) is 14.7 Å². The number of hydrogen-bond donors (Lipinski definition) is 3. The maximum Gasteiger partial charge on any atom is 0.272 e. The number of amides is 2. The fraction of sp³-hybridized carbons (Fsp3) is 0.643. The van der Waals surface area contributed by atoms with Crippen LogP contribution in [0.3, 0.4) is 0 Å². The molecule has 1 aromatic heterocycles. The fourth-order valence-electron chi connectivity index (χ4n) is 3.23. The molecule has 0 radical (unpaired) electrons. The molecule has 1 aromatic rings. The van der Waals surface area contributed by atoms with Crippen LogP contribution in [-0.4, -0.2) is 52.1 Å². The molecule has 0 bridgehead atoms. The van der Waals surface area contributed by atoms with Crippen LogP contribution >= 0.6 is 0 Å². The zero-order valence-corrected chi connectivity index (χ0v) is 11.8. The van der Waals surface area contributed by atoms with E-state index in [0.717, 1.165) is 37.1 Å². The molecule has 2 amide bonds. The zero-order chi connectivity index (χ0) is 14.4. The van der Waals surface area contributed by atoms with Gasteiger partial charge in [0.1, 0.15) is 0 Å². The quantitative estimate of drug-likeness (QED) is 0.703. The van der Waals surface area contributed by atoms with Gasteiger partial charge in [-0.2, -0.15) is 5.10 Å². The van der Waals surface area contributed by atoms with Gasteiger partial charge in [0.2, 0.25) is 5.91 Å². The molecule has 4 rings (SSSR count). The van der Waals surface area contributed by atoms with Gasteiger partial charge >= 0.3 is 0 Å². The SMILES string of the molecule is O=C(NC1CC(=O)N(C2CC2)C1)c1n[nH]c2c1CNCC2. The second-order valence-corrected chi connectivity index (χ2v) is 6.11. The fourth-order valence-corrected chi connectivity index (χ4v) is 3.23. The van der Waals surface area contributed by atoms with Gasteiger partial charge in [-0.1, -0.05) is 0 Å². The van der Waals surface area contributed by atoms with Crippen molar-refractivity contribution >= 4 is 11.8 Å². The lowest BCUT2D eigenvalue weighted by atomic mass is 10.1. The Hall–Kier alpha value is -1.89. The highest BCUT2D eigenvalue weighted by Gasteiger charge is 2.40. The molecule has 0 spiro atoms. The van der Waals surface area contributed by atoms with Crippen LogP contribution in [0.2, 0.25) is 0 Å². The third kappa shape index (κ3) is 2.31. The number of aromatic amines is 1. The molecule has 3 heterocycles. The number of carbonyl (C=O) groups is 2. The van der Waals surface area contributed by atoms with Gasteiger partial charge in [-0.25, -0.2) is 0 Å². The largest absolute Gasteiger partial charge is 0.346 e. The Kier molecular flexibility index (Phi) is 2.95. The summed E-state index contributed by atoms with van der Waals surface area (Å²) in [5.41, 5.74) is 2.47. The van der Waals surface area contributed by atoms with Crippen molar-refractivity contribution in [1.82, 2.24) is 25.7 Å². The van der Waals surface area contributed by atoms with E-state index in [4.69, 9.17) is 0 Å². The molecule has 1 unspecified atom stereocenters. The van der Waals surface area contributed by atoms with Crippen LogP contribution in [0.25, 0.3) is 0 Å². The summed E-state index contributed by atoms with van der Waals surface area (Å²) in [7, 11) is 0. The number of carbonyl (C=O) groups excluding carboxylic acids is 2.